The second kappa shape index (κ2) is 8.82. The van der Waals surface area contributed by atoms with E-state index in [1.165, 1.54) is 0 Å². The average Bonchev–Trinajstić information content (AvgIpc) is 2.81. The van der Waals surface area contributed by atoms with Crippen LogP contribution in [0.3, 0.4) is 0 Å². The van der Waals surface area contributed by atoms with Crippen molar-refractivity contribution in [2.24, 2.45) is 11.7 Å². The van der Waals surface area contributed by atoms with Crippen molar-refractivity contribution in [2.75, 3.05) is 5.32 Å². The van der Waals surface area contributed by atoms with E-state index in [1.54, 1.807) is 6.20 Å². The van der Waals surface area contributed by atoms with Crippen LogP contribution in [0.25, 0.3) is 5.70 Å². The molecule has 0 amide bonds. The standard InChI is InChI=1S/C20H32N4O2/c1-13(21)18-12-22-20(23-15-6-8-16(25)9-7-15)24-19(18)11-14-4-2-3-5-17(26)10-14/h12,14-17,25-26H,1-11,21H2,(H,22,23,24)/t14-,15?,16?,17+/m1/s1. The molecule has 2 aliphatic carbocycles. The molecular weight excluding hydrogens is 328 g/mol. The van der Waals surface area contributed by atoms with Crippen LogP contribution in [-0.4, -0.2) is 38.4 Å². The van der Waals surface area contributed by atoms with Crippen molar-refractivity contribution in [3.63, 3.8) is 0 Å². The number of aliphatic hydroxyl groups excluding tert-OH is 2. The third-order valence-electron chi connectivity index (χ3n) is 5.73. The summed E-state index contributed by atoms with van der Waals surface area (Å²) in [5.74, 6) is 1.04. The fourth-order valence-corrected chi connectivity index (χ4v) is 4.21. The van der Waals surface area contributed by atoms with E-state index in [9.17, 15) is 10.2 Å². The Balaban J connectivity index is 1.72. The van der Waals surface area contributed by atoms with Crippen LogP contribution in [0.1, 0.15) is 69.0 Å². The fourth-order valence-electron chi connectivity index (χ4n) is 4.21. The molecule has 2 saturated carbocycles. The van der Waals surface area contributed by atoms with Crippen molar-refractivity contribution in [3.8, 4) is 0 Å². The number of nitrogens with one attached hydrogen (secondary N) is 1. The predicted molar refractivity (Wildman–Crippen MR) is 103 cm³/mol. The molecule has 1 heterocycles. The molecule has 26 heavy (non-hydrogen) atoms. The predicted octanol–water partition coefficient (Wildman–Crippen LogP) is 2.61. The van der Waals surface area contributed by atoms with E-state index >= 15 is 0 Å². The zero-order chi connectivity index (χ0) is 18.5. The van der Waals surface area contributed by atoms with Gasteiger partial charge in [0.15, 0.2) is 0 Å². The lowest BCUT2D eigenvalue weighted by atomic mass is 9.92. The van der Waals surface area contributed by atoms with Crippen LogP contribution in [0.15, 0.2) is 12.8 Å². The summed E-state index contributed by atoms with van der Waals surface area (Å²) in [4.78, 5) is 9.17. The number of nitrogens with zero attached hydrogens (tertiary/aromatic N) is 2. The molecule has 0 unspecified atom stereocenters. The van der Waals surface area contributed by atoms with E-state index in [1.807, 2.05) is 0 Å². The van der Waals surface area contributed by atoms with Gasteiger partial charge in [-0.1, -0.05) is 19.4 Å². The van der Waals surface area contributed by atoms with Gasteiger partial charge in [0.05, 0.1) is 17.9 Å². The monoisotopic (exact) mass is 360 g/mol. The summed E-state index contributed by atoms with van der Waals surface area (Å²) in [6.07, 6.45) is 10.8. The first kappa shape index (κ1) is 19.1. The summed E-state index contributed by atoms with van der Waals surface area (Å²) in [6.45, 7) is 3.87. The number of anilines is 1. The third kappa shape index (κ3) is 5.17. The lowest BCUT2D eigenvalue weighted by Gasteiger charge is -2.26. The molecule has 3 rings (SSSR count). The third-order valence-corrected chi connectivity index (χ3v) is 5.73. The van der Waals surface area contributed by atoms with E-state index in [-0.39, 0.29) is 12.2 Å². The molecule has 0 bridgehead atoms. The maximum atomic E-state index is 10.1. The molecule has 2 aliphatic rings. The highest BCUT2D eigenvalue weighted by Gasteiger charge is 2.23. The summed E-state index contributed by atoms with van der Waals surface area (Å²) < 4.78 is 0. The van der Waals surface area contributed by atoms with Gasteiger partial charge in [0.2, 0.25) is 5.95 Å². The van der Waals surface area contributed by atoms with Gasteiger partial charge in [0, 0.05) is 23.5 Å². The van der Waals surface area contributed by atoms with Crippen molar-refractivity contribution in [1.29, 1.82) is 0 Å². The minimum absolute atomic E-state index is 0.172. The number of hydrogen-bond acceptors (Lipinski definition) is 6. The number of aromatic nitrogens is 2. The van der Waals surface area contributed by atoms with Crippen molar-refractivity contribution >= 4 is 11.6 Å². The second-order valence-corrected chi connectivity index (χ2v) is 7.97. The van der Waals surface area contributed by atoms with Crippen LogP contribution in [0.5, 0.6) is 0 Å². The van der Waals surface area contributed by atoms with Crippen LogP contribution < -0.4 is 11.1 Å². The highest BCUT2D eigenvalue weighted by atomic mass is 16.3. The van der Waals surface area contributed by atoms with E-state index in [2.05, 4.69) is 16.9 Å². The largest absolute Gasteiger partial charge is 0.399 e. The first-order valence-corrected chi connectivity index (χ1v) is 9.94. The average molecular weight is 361 g/mol. The highest BCUT2D eigenvalue weighted by Crippen LogP contribution is 2.28. The molecular formula is C20H32N4O2. The second-order valence-electron chi connectivity index (χ2n) is 7.97. The molecule has 0 spiro atoms. The molecule has 6 nitrogen and oxygen atoms in total. The minimum atomic E-state index is -0.208. The van der Waals surface area contributed by atoms with Crippen LogP contribution in [-0.2, 0) is 6.42 Å². The van der Waals surface area contributed by atoms with Gasteiger partial charge in [-0.15, -0.1) is 0 Å². The molecule has 0 aliphatic heterocycles. The summed E-state index contributed by atoms with van der Waals surface area (Å²) in [5.41, 5.74) is 8.18. The van der Waals surface area contributed by atoms with Crippen molar-refractivity contribution in [2.45, 2.75) is 82.5 Å². The molecule has 2 fully saturated rings. The Morgan fingerprint density at radius 3 is 2.58 bits per heavy atom. The summed E-state index contributed by atoms with van der Waals surface area (Å²) in [7, 11) is 0. The Morgan fingerprint density at radius 2 is 1.85 bits per heavy atom. The van der Waals surface area contributed by atoms with Crippen molar-refractivity contribution in [1.82, 2.24) is 9.97 Å². The fraction of sp³-hybridized carbons (Fsp3) is 0.700. The normalized spacial score (nSPS) is 29.8. The molecule has 1 aromatic heterocycles. The number of rotatable bonds is 5. The van der Waals surface area contributed by atoms with Gasteiger partial charge in [-0.05, 0) is 57.3 Å². The van der Waals surface area contributed by atoms with Crippen LogP contribution in [0, 0.1) is 5.92 Å². The molecule has 0 radical (unpaired) electrons. The van der Waals surface area contributed by atoms with Crippen LogP contribution in [0.2, 0.25) is 0 Å². The molecule has 0 saturated heterocycles. The summed E-state index contributed by atoms with van der Waals surface area (Å²) >= 11 is 0. The van der Waals surface area contributed by atoms with E-state index in [4.69, 9.17) is 10.7 Å². The van der Waals surface area contributed by atoms with Crippen LogP contribution in [0.4, 0.5) is 5.95 Å². The van der Waals surface area contributed by atoms with Crippen molar-refractivity contribution in [3.05, 3.63) is 24.0 Å². The minimum Gasteiger partial charge on any atom is -0.399 e. The number of aliphatic hydroxyl groups is 2. The quantitative estimate of drug-likeness (QED) is 0.602. The maximum Gasteiger partial charge on any atom is 0.223 e. The first-order chi connectivity index (χ1) is 12.5. The Labute approximate surface area is 155 Å². The smallest absolute Gasteiger partial charge is 0.223 e. The van der Waals surface area contributed by atoms with Crippen LogP contribution >= 0.6 is 0 Å². The van der Waals surface area contributed by atoms with Gasteiger partial charge < -0.3 is 21.3 Å². The molecule has 0 aromatic carbocycles. The van der Waals surface area contributed by atoms with Gasteiger partial charge in [0.1, 0.15) is 0 Å². The molecule has 1 aromatic rings. The summed E-state index contributed by atoms with van der Waals surface area (Å²) in [5, 5.41) is 23.2. The first-order valence-electron chi connectivity index (χ1n) is 9.94. The van der Waals surface area contributed by atoms with E-state index in [0.717, 1.165) is 75.5 Å². The zero-order valence-electron chi connectivity index (χ0n) is 15.5. The molecule has 6 heteroatoms. The molecule has 2 atom stereocenters. The van der Waals surface area contributed by atoms with Gasteiger partial charge in [-0.2, -0.15) is 0 Å². The highest BCUT2D eigenvalue weighted by molar-refractivity contribution is 5.62. The Bertz CT molecular complexity index is 614. The van der Waals surface area contributed by atoms with Gasteiger partial charge >= 0.3 is 0 Å². The lowest BCUT2D eigenvalue weighted by Crippen LogP contribution is -2.29. The lowest BCUT2D eigenvalue weighted by molar-refractivity contribution is 0.126. The Morgan fingerprint density at radius 1 is 1.12 bits per heavy atom. The van der Waals surface area contributed by atoms with E-state index < -0.39 is 0 Å². The Kier molecular flexibility index (Phi) is 6.48. The summed E-state index contributed by atoms with van der Waals surface area (Å²) in [6, 6.07) is 0.304. The van der Waals surface area contributed by atoms with Crippen molar-refractivity contribution < 1.29 is 10.2 Å². The van der Waals surface area contributed by atoms with Gasteiger partial charge in [0.25, 0.3) is 0 Å². The SMILES string of the molecule is C=C(N)c1cnc(NC2CCC(O)CC2)nc1C[C@@H]1CCCC[C@H](O)C1. The molecule has 5 N–H and O–H groups in total. The zero-order valence-corrected chi connectivity index (χ0v) is 15.5. The topological polar surface area (TPSA) is 104 Å². The molecule has 144 valence electrons. The van der Waals surface area contributed by atoms with Gasteiger partial charge in [-0.25, -0.2) is 9.97 Å². The number of nitrogens with two attached hydrogens (primary N) is 1. The van der Waals surface area contributed by atoms with Gasteiger partial charge in [-0.3, -0.25) is 0 Å². The van der Waals surface area contributed by atoms with E-state index in [0.29, 0.717) is 23.6 Å². The Hall–Kier alpha value is -1.66. The number of hydrogen-bond donors (Lipinski definition) is 4. The maximum absolute atomic E-state index is 10.1.